The van der Waals surface area contributed by atoms with Crippen molar-refractivity contribution >= 4 is 63.0 Å². The Bertz CT molecular complexity index is 3160. The molecule has 3 amide bonds. The average molecular weight is 967 g/mol. The molecule has 3 aromatic carbocycles. The molecule has 2 aliphatic heterocycles. The zero-order chi connectivity index (χ0) is 49.1. The lowest BCUT2D eigenvalue weighted by atomic mass is 9.85. The van der Waals surface area contributed by atoms with Crippen molar-refractivity contribution < 1.29 is 29.4 Å². The first-order chi connectivity index (χ1) is 32.8. The fourth-order valence-corrected chi connectivity index (χ4v) is 11.2. The van der Waals surface area contributed by atoms with Crippen LogP contribution in [0.15, 0.2) is 83.4 Å². The summed E-state index contributed by atoms with van der Waals surface area (Å²) in [7, 11) is 0. The van der Waals surface area contributed by atoms with Gasteiger partial charge in [0.05, 0.1) is 45.9 Å². The van der Waals surface area contributed by atoms with Crippen molar-refractivity contribution in [2.45, 2.75) is 105 Å². The van der Waals surface area contributed by atoms with Gasteiger partial charge in [0.1, 0.15) is 35.5 Å². The molecule has 0 unspecified atom stereocenters. The van der Waals surface area contributed by atoms with E-state index in [0.29, 0.717) is 22.9 Å². The minimum atomic E-state index is -1.000. The number of hydrogen-bond donors (Lipinski definition) is 4. The van der Waals surface area contributed by atoms with Crippen LogP contribution in [0.4, 0.5) is 0 Å². The minimum absolute atomic E-state index is 0.0342. The molecule has 0 saturated carbocycles. The van der Waals surface area contributed by atoms with Crippen LogP contribution in [0.5, 0.6) is 0 Å². The van der Waals surface area contributed by atoms with Crippen molar-refractivity contribution in [3.05, 3.63) is 123 Å². The van der Waals surface area contributed by atoms with Gasteiger partial charge in [0.25, 0.3) is 0 Å². The molecule has 5 atom stereocenters. The molecule has 0 radical (unpaired) electrons. The van der Waals surface area contributed by atoms with E-state index in [4.69, 9.17) is 10.1 Å². The number of β-amino-alcohol motifs (C(OH)–C–C–N with tert-alkyl or cyclic N) is 1. The van der Waals surface area contributed by atoms with E-state index >= 15 is 0 Å². The first kappa shape index (κ1) is 47.2. The summed E-state index contributed by atoms with van der Waals surface area (Å²) >= 11 is 3.18. The number of fused-ring (bicyclic) bond motifs is 4. The highest BCUT2D eigenvalue weighted by Gasteiger charge is 2.45. The predicted octanol–water partition coefficient (Wildman–Crippen LogP) is 7.44. The quantitative estimate of drug-likeness (QED) is 0.0951. The summed E-state index contributed by atoms with van der Waals surface area (Å²) in [6.07, 6.45) is 0.733. The van der Waals surface area contributed by atoms with Crippen LogP contribution < -0.4 is 10.6 Å². The Morgan fingerprint density at radius 2 is 1.59 bits per heavy atom. The van der Waals surface area contributed by atoms with Gasteiger partial charge in [-0.3, -0.25) is 33.4 Å². The number of aromatic nitrogens is 6. The highest BCUT2D eigenvalue weighted by Crippen LogP contribution is 2.40. The molecule has 18 heteroatoms. The molecule has 0 aliphatic carbocycles. The molecular weight excluding hydrogens is 913 g/mol. The standard InChI is InChI=1S/C51H54N10O6S2/c1-26-29(4)69-50-43(26)44(54-39(21-42(64)65)47-57-56-30(5)61(47)50)33-13-11-32(12-14-33)35-17-18-36-22-59(58-38(36)19-35)24-41(63)55-46(51(6,7)8)49(67)60-23-37(62)20-40(60)48(66)53-27(2)31-9-15-34(16-10-31)45-28(3)52-25-68-45/h9-19,22,25,27,37,39-40,46,62H,20-21,23-24H2,1-8H3,(H,53,66)(H,55,63)(H,64,65)/t27-,37+,39-,40-,46+/m0/s1. The molecule has 0 bridgehead atoms. The number of carboxylic acid groups (broad SMARTS) is 1. The Morgan fingerprint density at radius 3 is 2.28 bits per heavy atom. The number of rotatable bonds is 12. The molecule has 356 valence electrons. The van der Waals surface area contributed by atoms with E-state index in [9.17, 15) is 29.4 Å². The van der Waals surface area contributed by atoms with Crippen LogP contribution in [0.25, 0.3) is 37.5 Å². The van der Waals surface area contributed by atoms with Crippen molar-refractivity contribution in [2.24, 2.45) is 10.4 Å². The monoisotopic (exact) mass is 966 g/mol. The molecule has 2 aliphatic rings. The van der Waals surface area contributed by atoms with E-state index in [2.05, 4.69) is 39.7 Å². The fraction of sp³-hybridized carbons (Fsp3) is 0.353. The number of likely N-dealkylation sites (tertiary alicyclic amines) is 1. The second-order valence-electron chi connectivity index (χ2n) is 19.1. The van der Waals surface area contributed by atoms with Crippen LogP contribution in [-0.2, 0) is 25.7 Å². The number of aliphatic carboxylic acids is 1. The van der Waals surface area contributed by atoms with Crippen LogP contribution in [-0.4, -0.2) is 98.8 Å². The third-order valence-corrected chi connectivity index (χ3v) is 15.2. The van der Waals surface area contributed by atoms with Gasteiger partial charge in [0, 0.05) is 40.6 Å². The van der Waals surface area contributed by atoms with Gasteiger partial charge < -0.3 is 25.7 Å². The second kappa shape index (κ2) is 18.5. The lowest BCUT2D eigenvalue weighted by Gasteiger charge is -2.35. The Hall–Kier alpha value is -6.89. The summed E-state index contributed by atoms with van der Waals surface area (Å²) in [4.78, 5) is 66.9. The molecule has 7 aromatic rings. The average Bonchev–Trinajstić information content (AvgIpc) is 4.14. The molecule has 0 spiro atoms. The van der Waals surface area contributed by atoms with Crippen molar-refractivity contribution in [2.75, 3.05) is 6.54 Å². The fourth-order valence-electron chi connectivity index (χ4n) is 9.21. The van der Waals surface area contributed by atoms with Crippen LogP contribution in [0, 0.1) is 33.1 Å². The number of amides is 3. The van der Waals surface area contributed by atoms with Crippen molar-refractivity contribution in [3.63, 3.8) is 0 Å². The number of aryl methyl sites for hydroxylation is 3. The molecule has 1 saturated heterocycles. The molecule has 16 nitrogen and oxygen atoms in total. The number of thiophene rings is 1. The number of nitrogens with one attached hydrogen (secondary N) is 2. The van der Waals surface area contributed by atoms with Crippen LogP contribution >= 0.6 is 22.7 Å². The first-order valence-corrected chi connectivity index (χ1v) is 24.5. The van der Waals surface area contributed by atoms with E-state index in [1.54, 1.807) is 33.6 Å². The van der Waals surface area contributed by atoms with Crippen molar-refractivity contribution in [3.8, 4) is 26.6 Å². The summed E-state index contributed by atoms with van der Waals surface area (Å²) < 4.78 is 3.48. The van der Waals surface area contributed by atoms with Gasteiger partial charge in [0.2, 0.25) is 17.7 Å². The Labute approximate surface area is 407 Å². The number of carbonyl (C=O) groups is 4. The summed E-state index contributed by atoms with van der Waals surface area (Å²) in [6.45, 7) is 15.2. The number of aliphatic hydroxyl groups excluding tert-OH is 1. The number of aliphatic imine (C=N–C) groups is 1. The maximum absolute atomic E-state index is 14.3. The van der Waals surface area contributed by atoms with Crippen molar-refractivity contribution in [1.29, 1.82) is 0 Å². The zero-order valence-electron chi connectivity index (χ0n) is 39.6. The van der Waals surface area contributed by atoms with Crippen LogP contribution in [0.2, 0.25) is 0 Å². The lowest BCUT2D eigenvalue weighted by molar-refractivity contribution is -0.144. The van der Waals surface area contributed by atoms with E-state index in [1.165, 1.54) is 4.90 Å². The number of carboxylic acids is 1. The van der Waals surface area contributed by atoms with Gasteiger partial charge in [-0.05, 0) is 73.9 Å². The van der Waals surface area contributed by atoms with Gasteiger partial charge in [-0.2, -0.15) is 5.10 Å². The molecule has 69 heavy (non-hydrogen) atoms. The largest absolute Gasteiger partial charge is 0.481 e. The molecule has 4 N–H and O–H groups in total. The summed E-state index contributed by atoms with van der Waals surface area (Å²) in [5.41, 5.74) is 10.0. The zero-order valence-corrected chi connectivity index (χ0v) is 41.3. The van der Waals surface area contributed by atoms with Crippen LogP contribution in [0.3, 0.4) is 0 Å². The topological polar surface area (TPSA) is 210 Å². The normalized spacial score (nSPS) is 17.7. The Kier molecular flexibility index (Phi) is 12.7. The number of hydrogen-bond acceptors (Lipinski definition) is 12. The number of nitrogens with zero attached hydrogens (tertiary/aromatic N) is 8. The summed E-state index contributed by atoms with van der Waals surface area (Å²) in [5.74, 6) is -1.07. The van der Waals surface area contributed by atoms with Gasteiger partial charge in [0.15, 0.2) is 5.82 Å². The minimum Gasteiger partial charge on any atom is -0.481 e. The molecule has 6 heterocycles. The third-order valence-electron chi connectivity index (χ3n) is 13.0. The van der Waals surface area contributed by atoms with Gasteiger partial charge in [-0.1, -0.05) is 81.4 Å². The number of thiazole rings is 1. The first-order valence-electron chi connectivity index (χ1n) is 22.8. The molecule has 4 aromatic heterocycles. The number of aliphatic hydroxyl groups is 1. The van der Waals surface area contributed by atoms with Gasteiger partial charge in [-0.25, -0.2) is 4.98 Å². The second-order valence-corrected chi connectivity index (χ2v) is 21.1. The van der Waals surface area contributed by atoms with E-state index in [-0.39, 0.29) is 37.9 Å². The summed E-state index contributed by atoms with van der Waals surface area (Å²) in [6, 6.07) is 18.8. The maximum atomic E-state index is 14.3. The van der Waals surface area contributed by atoms with E-state index < -0.39 is 47.4 Å². The third kappa shape index (κ3) is 9.35. The van der Waals surface area contributed by atoms with Crippen LogP contribution in [0.1, 0.15) is 97.1 Å². The summed E-state index contributed by atoms with van der Waals surface area (Å²) in [5, 5.41) is 41.7. The molecule has 1 fully saturated rings. The number of benzene rings is 3. The molecule has 9 rings (SSSR count). The Morgan fingerprint density at radius 1 is 0.899 bits per heavy atom. The molecular formula is C51H54N10O6S2. The Balaban J connectivity index is 0.882. The number of carbonyl (C=O) groups excluding carboxylic acids is 3. The van der Waals surface area contributed by atoms with Crippen molar-refractivity contribution in [1.82, 2.24) is 45.1 Å². The highest BCUT2D eigenvalue weighted by molar-refractivity contribution is 7.15. The van der Waals surface area contributed by atoms with E-state index in [1.807, 2.05) is 118 Å². The van der Waals surface area contributed by atoms with E-state index in [0.717, 1.165) is 64.8 Å². The SMILES string of the molecule is Cc1ncsc1-c1ccc([C@H](C)NC(=O)[C@@H]2C[C@@H](O)CN2C(=O)[C@@H](NC(=O)Cn2cc3ccc(-c4ccc(C5=N[C@@H](CC(=O)O)c6nnc(C)n6-c6sc(C)c(C)c65)cc4)cc3n2)C(C)(C)C)cc1. The lowest BCUT2D eigenvalue weighted by Crippen LogP contribution is -2.58. The maximum Gasteiger partial charge on any atom is 0.306 e. The highest BCUT2D eigenvalue weighted by atomic mass is 32.1. The smallest absolute Gasteiger partial charge is 0.306 e. The predicted molar refractivity (Wildman–Crippen MR) is 266 cm³/mol. The van der Waals surface area contributed by atoms with Gasteiger partial charge in [-0.15, -0.1) is 32.9 Å². The van der Waals surface area contributed by atoms with Gasteiger partial charge >= 0.3 is 5.97 Å².